The largest absolute Gasteiger partial charge is 0.394 e. The van der Waals surface area contributed by atoms with Crippen LogP contribution in [0, 0.1) is 11.6 Å². The van der Waals surface area contributed by atoms with Gasteiger partial charge in [0.05, 0.1) is 4.34 Å². The quantitative estimate of drug-likeness (QED) is 0.851. The van der Waals surface area contributed by atoms with E-state index in [2.05, 4.69) is 5.32 Å². The van der Waals surface area contributed by atoms with E-state index in [0.29, 0.717) is 17.3 Å². The molecule has 0 aliphatic rings. The molecule has 3 N–H and O–H groups in total. The molecule has 106 valence electrons. The summed E-state index contributed by atoms with van der Waals surface area (Å²) in [5.74, 6) is -2.44. The molecule has 0 fully saturated rings. The lowest BCUT2D eigenvalue weighted by Crippen LogP contribution is -2.25. The summed E-state index contributed by atoms with van der Waals surface area (Å²) < 4.78 is 27.1. The standard InChI is InChI=1S/C13H11ClF2N2OS/c14-11-2-1-8(20-11)3-4-18-13(19)7-5-9(15)12(17)10(16)6-7/h1-2,5-6H,3-4,17H2,(H,18,19). The molecule has 0 saturated heterocycles. The number of nitrogen functional groups attached to an aromatic ring is 1. The van der Waals surface area contributed by atoms with Crippen molar-refractivity contribution >= 4 is 34.5 Å². The van der Waals surface area contributed by atoms with Gasteiger partial charge >= 0.3 is 0 Å². The number of carbonyl (C=O) groups excluding carboxylic acids is 1. The minimum Gasteiger partial charge on any atom is -0.394 e. The van der Waals surface area contributed by atoms with E-state index in [1.54, 1.807) is 6.07 Å². The molecule has 0 saturated carbocycles. The Morgan fingerprint density at radius 1 is 1.30 bits per heavy atom. The van der Waals surface area contributed by atoms with Gasteiger partial charge in [-0.05, 0) is 30.7 Å². The van der Waals surface area contributed by atoms with E-state index in [4.69, 9.17) is 17.3 Å². The summed E-state index contributed by atoms with van der Waals surface area (Å²) in [7, 11) is 0. The predicted octanol–water partition coefficient (Wildman–Crippen LogP) is 3.23. The van der Waals surface area contributed by atoms with Crippen LogP contribution in [0.25, 0.3) is 0 Å². The van der Waals surface area contributed by atoms with Crippen LogP contribution in [0.5, 0.6) is 0 Å². The van der Waals surface area contributed by atoms with E-state index in [1.165, 1.54) is 11.3 Å². The Morgan fingerprint density at radius 3 is 2.50 bits per heavy atom. The SMILES string of the molecule is Nc1c(F)cc(C(=O)NCCc2ccc(Cl)s2)cc1F. The summed E-state index contributed by atoms with van der Waals surface area (Å²) in [6, 6.07) is 5.46. The van der Waals surface area contributed by atoms with Gasteiger partial charge in [-0.15, -0.1) is 11.3 Å². The van der Waals surface area contributed by atoms with Gasteiger partial charge in [0.15, 0.2) is 0 Å². The molecule has 0 spiro atoms. The lowest BCUT2D eigenvalue weighted by Gasteiger charge is -2.06. The Bertz CT molecular complexity index is 622. The molecule has 0 bridgehead atoms. The van der Waals surface area contributed by atoms with Gasteiger partial charge in [-0.1, -0.05) is 11.6 Å². The fourth-order valence-electron chi connectivity index (χ4n) is 1.60. The molecule has 20 heavy (non-hydrogen) atoms. The lowest BCUT2D eigenvalue weighted by atomic mass is 10.1. The molecule has 7 heteroatoms. The van der Waals surface area contributed by atoms with E-state index < -0.39 is 23.2 Å². The molecule has 2 rings (SSSR count). The predicted molar refractivity (Wildman–Crippen MR) is 76.1 cm³/mol. The van der Waals surface area contributed by atoms with Gasteiger partial charge in [-0.2, -0.15) is 0 Å². The summed E-state index contributed by atoms with van der Waals surface area (Å²) in [6.45, 7) is 0.350. The Kier molecular flexibility index (Phi) is 4.57. The first-order chi connectivity index (χ1) is 9.47. The van der Waals surface area contributed by atoms with Gasteiger partial charge in [-0.25, -0.2) is 8.78 Å². The molecule has 0 atom stereocenters. The first kappa shape index (κ1) is 14.7. The Hall–Kier alpha value is -1.66. The average Bonchev–Trinajstić information content (AvgIpc) is 2.81. The second kappa shape index (κ2) is 6.19. The Balaban J connectivity index is 1.95. The van der Waals surface area contributed by atoms with Crippen LogP contribution in [0.15, 0.2) is 24.3 Å². The molecular formula is C13H11ClF2N2OS. The number of carbonyl (C=O) groups is 1. The number of amides is 1. The van der Waals surface area contributed by atoms with Crippen molar-refractivity contribution in [2.45, 2.75) is 6.42 Å². The third kappa shape index (κ3) is 3.46. The topological polar surface area (TPSA) is 55.1 Å². The zero-order valence-electron chi connectivity index (χ0n) is 10.3. The molecule has 0 radical (unpaired) electrons. The molecule has 1 aromatic heterocycles. The first-order valence-electron chi connectivity index (χ1n) is 5.74. The molecule has 1 amide bonds. The zero-order chi connectivity index (χ0) is 14.7. The van der Waals surface area contributed by atoms with Gasteiger partial charge in [-0.3, -0.25) is 4.79 Å². The van der Waals surface area contributed by atoms with Gasteiger partial charge in [0.1, 0.15) is 17.3 Å². The molecule has 2 aromatic rings. The maximum Gasteiger partial charge on any atom is 0.251 e. The van der Waals surface area contributed by atoms with Crippen LogP contribution in [0.1, 0.15) is 15.2 Å². The van der Waals surface area contributed by atoms with E-state index in [9.17, 15) is 13.6 Å². The van der Waals surface area contributed by atoms with Crippen molar-refractivity contribution in [1.29, 1.82) is 0 Å². The number of halogens is 3. The lowest BCUT2D eigenvalue weighted by molar-refractivity contribution is 0.0953. The molecule has 1 heterocycles. The second-order valence-electron chi connectivity index (χ2n) is 4.07. The highest BCUT2D eigenvalue weighted by Crippen LogP contribution is 2.21. The van der Waals surface area contributed by atoms with Gasteiger partial charge in [0.25, 0.3) is 5.91 Å². The summed E-state index contributed by atoms with van der Waals surface area (Å²) >= 11 is 7.20. The minimum absolute atomic E-state index is 0.0987. The monoisotopic (exact) mass is 316 g/mol. The molecule has 0 aliphatic carbocycles. The maximum atomic E-state index is 13.2. The number of benzene rings is 1. The van der Waals surface area contributed by atoms with Crippen LogP contribution in [0.2, 0.25) is 4.34 Å². The molecule has 1 aromatic carbocycles. The van der Waals surface area contributed by atoms with Gasteiger partial charge in [0.2, 0.25) is 0 Å². The Morgan fingerprint density at radius 2 is 1.95 bits per heavy atom. The second-order valence-corrected chi connectivity index (χ2v) is 5.86. The summed E-state index contributed by atoms with van der Waals surface area (Å²) in [4.78, 5) is 12.8. The third-order valence-electron chi connectivity index (χ3n) is 2.63. The zero-order valence-corrected chi connectivity index (χ0v) is 11.8. The molecular weight excluding hydrogens is 306 g/mol. The number of rotatable bonds is 4. The number of nitrogens with one attached hydrogen (secondary N) is 1. The summed E-state index contributed by atoms with van der Waals surface area (Å²) in [6.07, 6.45) is 0.600. The van der Waals surface area contributed by atoms with Gasteiger partial charge in [0, 0.05) is 17.0 Å². The number of anilines is 1. The Labute approximate surface area is 123 Å². The highest BCUT2D eigenvalue weighted by molar-refractivity contribution is 7.16. The van der Waals surface area contributed by atoms with E-state index in [-0.39, 0.29) is 5.56 Å². The van der Waals surface area contributed by atoms with Crippen molar-refractivity contribution in [1.82, 2.24) is 5.32 Å². The number of hydrogen-bond acceptors (Lipinski definition) is 3. The van der Waals surface area contributed by atoms with Crippen molar-refractivity contribution in [3.05, 3.63) is 50.7 Å². The summed E-state index contributed by atoms with van der Waals surface area (Å²) in [5.41, 5.74) is 4.45. The fourth-order valence-corrected chi connectivity index (χ4v) is 2.69. The van der Waals surface area contributed by atoms with Gasteiger partial charge < -0.3 is 11.1 Å². The highest BCUT2D eigenvalue weighted by atomic mass is 35.5. The van der Waals surface area contributed by atoms with Crippen LogP contribution >= 0.6 is 22.9 Å². The molecule has 3 nitrogen and oxygen atoms in total. The fraction of sp³-hybridized carbons (Fsp3) is 0.154. The first-order valence-corrected chi connectivity index (χ1v) is 6.93. The van der Waals surface area contributed by atoms with Crippen molar-refractivity contribution in [3.8, 4) is 0 Å². The van der Waals surface area contributed by atoms with E-state index >= 15 is 0 Å². The van der Waals surface area contributed by atoms with Crippen molar-refractivity contribution in [2.75, 3.05) is 12.3 Å². The maximum absolute atomic E-state index is 13.2. The van der Waals surface area contributed by atoms with E-state index in [1.807, 2.05) is 6.07 Å². The van der Waals surface area contributed by atoms with Crippen LogP contribution < -0.4 is 11.1 Å². The molecule has 0 aliphatic heterocycles. The molecule has 0 unspecified atom stereocenters. The van der Waals surface area contributed by atoms with Crippen LogP contribution in [-0.2, 0) is 6.42 Å². The average molecular weight is 317 g/mol. The van der Waals surface area contributed by atoms with Crippen LogP contribution in [-0.4, -0.2) is 12.5 Å². The van der Waals surface area contributed by atoms with E-state index in [0.717, 1.165) is 17.0 Å². The normalized spacial score (nSPS) is 10.6. The van der Waals surface area contributed by atoms with Crippen molar-refractivity contribution in [2.24, 2.45) is 0 Å². The smallest absolute Gasteiger partial charge is 0.251 e. The van der Waals surface area contributed by atoms with Crippen molar-refractivity contribution in [3.63, 3.8) is 0 Å². The third-order valence-corrected chi connectivity index (χ3v) is 3.92. The highest BCUT2D eigenvalue weighted by Gasteiger charge is 2.12. The van der Waals surface area contributed by atoms with Crippen LogP contribution in [0.3, 0.4) is 0 Å². The number of thiophene rings is 1. The minimum atomic E-state index is -0.944. The van der Waals surface area contributed by atoms with Crippen molar-refractivity contribution < 1.29 is 13.6 Å². The van der Waals surface area contributed by atoms with Crippen LogP contribution in [0.4, 0.5) is 14.5 Å². The number of hydrogen-bond donors (Lipinski definition) is 2. The summed E-state index contributed by atoms with van der Waals surface area (Å²) in [5, 5.41) is 2.58. The number of nitrogens with two attached hydrogens (primary N) is 1.